The number of hydrogen-bond donors (Lipinski definition) is 2. The highest BCUT2D eigenvalue weighted by Crippen LogP contribution is 2.18. The number of nitrogens with zero attached hydrogens (tertiary/aromatic N) is 3. The maximum Gasteiger partial charge on any atom is 0.234 e. The fraction of sp³-hybridized carbons (Fsp3) is 0.417. The minimum absolute atomic E-state index is 0.147. The molecule has 1 saturated heterocycles. The van der Waals surface area contributed by atoms with E-state index in [1.165, 1.54) is 5.56 Å². The molecule has 158 valence electrons. The normalized spacial score (nSPS) is 15.5. The van der Waals surface area contributed by atoms with Gasteiger partial charge in [0.25, 0.3) is 0 Å². The van der Waals surface area contributed by atoms with E-state index in [0.717, 1.165) is 62.2 Å². The quantitative estimate of drug-likeness (QED) is 0.605. The van der Waals surface area contributed by atoms with Gasteiger partial charge < -0.3 is 10.6 Å². The van der Waals surface area contributed by atoms with E-state index in [1.54, 1.807) is 0 Å². The summed E-state index contributed by atoms with van der Waals surface area (Å²) in [7, 11) is 0. The highest BCUT2D eigenvalue weighted by Gasteiger charge is 2.20. The Bertz CT molecular complexity index is 957. The third kappa shape index (κ3) is 5.07. The highest BCUT2D eigenvalue weighted by molar-refractivity contribution is 5.78. The van der Waals surface area contributed by atoms with Gasteiger partial charge in [-0.25, -0.2) is 4.98 Å². The second-order valence-corrected chi connectivity index (χ2v) is 8.05. The molecule has 0 bridgehead atoms. The number of rotatable bonds is 8. The van der Waals surface area contributed by atoms with Gasteiger partial charge in [-0.15, -0.1) is 0 Å². The number of carbonyl (C=O) groups excluding carboxylic acids is 1. The summed E-state index contributed by atoms with van der Waals surface area (Å²) in [5, 5.41) is 6.64. The van der Waals surface area contributed by atoms with Crippen LogP contribution in [0.2, 0.25) is 0 Å². The summed E-state index contributed by atoms with van der Waals surface area (Å²) >= 11 is 0. The molecule has 2 heterocycles. The van der Waals surface area contributed by atoms with E-state index in [0.29, 0.717) is 12.6 Å². The zero-order valence-corrected chi connectivity index (χ0v) is 17.7. The molecule has 1 aliphatic rings. The Kier molecular flexibility index (Phi) is 6.77. The van der Waals surface area contributed by atoms with Crippen LogP contribution in [0.15, 0.2) is 54.9 Å². The van der Waals surface area contributed by atoms with Crippen LogP contribution in [-0.2, 0) is 11.3 Å². The van der Waals surface area contributed by atoms with Crippen LogP contribution in [0.25, 0.3) is 16.7 Å². The van der Waals surface area contributed by atoms with Crippen molar-refractivity contribution in [1.29, 1.82) is 0 Å². The molecule has 1 aromatic heterocycles. The number of piperidine rings is 1. The van der Waals surface area contributed by atoms with E-state index >= 15 is 0 Å². The third-order valence-corrected chi connectivity index (χ3v) is 5.79. The van der Waals surface area contributed by atoms with E-state index in [2.05, 4.69) is 62.3 Å². The van der Waals surface area contributed by atoms with E-state index in [9.17, 15) is 4.79 Å². The molecule has 0 aliphatic carbocycles. The Hall–Kier alpha value is -2.70. The Morgan fingerprint density at radius 2 is 1.87 bits per heavy atom. The molecule has 0 unspecified atom stereocenters. The molecule has 1 fully saturated rings. The average molecular weight is 406 g/mol. The second kappa shape index (κ2) is 9.87. The number of amides is 1. The van der Waals surface area contributed by atoms with Crippen molar-refractivity contribution in [2.24, 2.45) is 0 Å². The fourth-order valence-electron chi connectivity index (χ4n) is 4.02. The van der Waals surface area contributed by atoms with Gasteiger partial charge in [-0.3, -0.25) is 14.3 Å². The number of para-hydroxylation sites is 2. The summed E-state index contributed by atoms with van der Waals surface area (Å²) in [5.74, 6) is 0.147. The SMILES string of the molecule is CCCNC(=O)CN1CCC(NCc2ccc(-n3cnc4ccccc43)cc2)CC1. The zero-order chi connectivity index (χ0) is 20.8. The summed E-state index contributed by atoms with van der Waals surface area (Å²) in [4.78, 5) is 18.6. The first-order chi connectivity index (χ1) is 14.7. The predicted molar refractivity (Wildman–Crippen MR) is 121 cm³/mol. The average Bonchev–Trinajstić information content (AvgIpc) is 3.22. The second-order valence-electron chi connectivity index (χ2n) is 8.05. The molecule has 0 spiro atoms. The zero-order valence-electron chi connectivity index (χ0n) is 17.7. The molecular formula is C24H31N5O. The van der Waals surface area contributed by atoms with Crippen molar-refractivity contribution in [1.82, 2.24) is 25.1 Å². The standard InChI is InChI=1S/C24H31N5O/c1-2-13-25-24(30)17-28-14-11-20(12-15-28)26-16-19-7-9-21(10-8-19)29-18-27-22-5-3-4-6-23(22)29/h3-10,18,20,26H,2,11-17H2,1H3,(H,25,30). The molecule has 6 nitrogen and oxygen atoms in total. The predicted octanol–water partition coefficient (Wildman–Crippen LogP) is 3.11. The van der Waals surface area contributed by atoms with Crippen molar-refractivity contribution < 1.29 is 4.79 Å². The molecule has 4 rings (SSSR count). The Balaban J connectivity index is 1.25. The van der Waals surface area contributed by atoms with Gasteiger partial charge in [-0.05, 0) is 49.1 Å². The lowest BCUT2D eigenvalue weighted by molar-refractivity contribution is -0.122. The maximum atomic E-state index is 11.9. The van der Waals surface area contributed by atoms with Gasteiger partial charge in [0, 0.05) is 37.9 Å². The molecule has 30 heavy (non-hydrogen) atoms. The number of carbonyl (C=O) groups is 1. The Morgan fingerprint density at radius 1 is 1.10 bits per heavy atom. The molecule has 0 radical (unpaired) electrons. The van der Waals surface area contributed by atoms with Crippen LogP contribution in [0.4, 0.5) is 0 Å². The largest absolute Gasteiger partial charge is 0.355 e. The van der Waals surface area contributed by atoms with Gasteiger partial charge in [0.1, 0.15) is 6.33 Å². The summed E-state index contributed by atoms with van der Waals surface area (Å²) in [6, 6.07) is 17.4. The smallest absolute Gasteiger partial charge is 0.234 e. The number of nitrogens with one attached hydrogen (secondary N) is 2. The van der Waals surface area contributed by atoms with Crippen molar-refractivity contribution in [3.05, 3.63) is 60.4 Å². The molecule has 0 saturated carbocycles. The Morgan fingerprint density at radius 3 is 2.63 bits per heavy atom. The summed E-state index contributed by atoms with van der Waals surface area (Å²) in [5.41, 5.74) is 4.54. The number of likely N-dealkylation sites (tertiary alicyclic amines) is 1. The monoisotopic (exact) mass is 405 g/mol. The fourth-order valence-corrected chi connectivity index (χ4v) is 4.02. The van der Waals surface area contributed by atoms with Crippen molar-refractivity contribution in [3.63, 3.8) is 0 Å². The number of imidazole rings is 1. The van der Waals surface area contributed by atoms with Gasteiger partial charge in [0.05, 0.1) is 17.6 Å². The van der Waals surface area contributed by atoms with Crippen molar-refractivity contribution >= 4 is 16.9 Å². The number of hydrogen-bond acceptors (Lipinski definition) is 4. The summed E-state index contributed by atoms with van der Waals surface area (Å²) in [6.45, 7) is 6.19. The van der Waals surface area contributed by atoms with Gasteiger partial charge >= 0.3 is 0 Å². The van der Waals surface area contributed by atoms with Crippen molar-refractivity contribution in [2.75, 3.05) is 26.2 Å². The first-order valence-corrected chi connectivity index (χ1v) is 11.0. The molecule has 1 amide bonds. The maximum absolute atomic E-state index is 11.9. The minimum Gasteiger partial charge on any atom is -0.355 e. The lowest BCUT2D eigenvalue weighted by Crippen LogP contribution is -2.46. The number of benzene rings is 2. The van der Waals surface area contributed by atoms with Crippen LogP contribution >= 0.6 is 0 Å². The van der Waals surface area contributed by atoms with Gasteiger partial charge in [-0.1, -0.05) is 31.2 Å². The summed E-state index contributed by atoms with van der Waals surface area (Å²) in [6.07, 6.45) is 5.03. The van der Waals surface area contributed by atoms with Crippen molar-refractivity contribution in [2.45, 2.75) is 38.8 Å². The van der Waals surface area contributed by atoms with Crippen molar-refractivity contribution in [3.8, 4) is 5.69 Å². The van der Waals surface area contributed by atoms with Crippen LogP contribution in [-0.4, -0.2) is 52.6 Å². The number of fused-ring (bicyclic) bond motifs is 1. The lowest BCUT2D eigenvalue weighted by Gasteiger charge is -2.32. The first-order valence-electron chi connectivity index (χ1n) is 11.0. The van der Waals surface area contributed by atoms with Gasteiger partial charge in [0.2, 0.25) is 5.91 Å². The van der Waals surface area contributed by atoms with Gasteiger partial charge in [-0.2, -0.15) is 0 Å². The van der Waals surface area contributed by atoms with Crippen LogP contribution in [0.5, 0.6) is 0 Å². The molecule has 6 heteroatoms. The minimum atomic E-state index is 0.147. The van der Waals surface area contributed by atoms with E-state index in [1.807, 2.05) is 24.5 Å². The van der Waals surface area contributed by atoms with Gasteiger partial charge in [0.15, 0.2) is 0 Å². The summed E-state index contributed by atoms with van der Waals surface area (Å²) < 4.78 is 2.12. The Labute approximate surface area is 178 Å². The lowest BCUT2D eigenvalue weighted by atomic mass is 10.0. The van der Waals surface area contributed by atoms with Crippen LogP contribution in [0, 0.1) is 0 Å². The molecular weight excluding hydrogens is 374 g/mol. The third-order valence-electron chi connectivity index (χ3n) is 5.79. The topological polar surface area (TPSA) is 62.2 Å². The molecule has 2 aromatic carbocycles. The molecule has 2 N–H and O–H groups in total. The highest BCUT2D eigenvalue weighted by atomic mass is 16.2. The van der Waals surface area contributed by atoms with Crippen LogP contribution in [0.3, 0.4) is 0 Å². The van der Waals surface area contributed by atoms with Crippen LogP contribution in [0.1, 0.15) is 31.7 Å². The molecule has 1 aliphatic heterocycles. The molecule has 0 atom stereocenters. The number of aromatic nitrogens is 2. The van der Waals surface area contributed by atoms with E-state index < -0.39 is 0 Å². The molecule has 3 aromatic rings. The van der Waals surface area contributed by atoms with E-state index in [4.69, 9.17) is 0 Å². The first kappa shape index (κ1) is 20.6. The van der Waals surface area contributed by atoms with E-state index in [-0.39, 0.29) is 5.91 Å². The van der Waals surface area contributed by atoms with Crippen LogP contribution < -0.4 is 10.6 Å².